The second kappa shape index (κ2) is 6.69. The van der Waals surface area contributed by atoms with Crippen LogP contribution in [-0.2, 0) is 9.84 Å². The lowest BCUT2D eigenvalue weighted by Gasteiger charge is -2.26. The van der Waals surface area contributed by atoms with Crippen LogP contribution < -0.4 is 11.1 Å². The standard InChI is InChI=1S/C13H21N3O2S2/c1-20(17,18)11-2-3-13(12(14)10-11)15-4-5-16-6-8-19-9-7-16/h2-3,10,15H,4-9,14H2,1H3. The fraction of sp³-hybridized carbons (Fsp3) is 0.538. The molecule has 2 rings (SSSR count). The molecule has 5 nitrogen and oxygen atoms in total. The first-order valence-corrected chi connectivity index (χ1v) is 9.65. The fourth-order valence-corrected chi connectivity index (χ4v) is 3.74. The number of nitrogens with zero attached hydrogens (tertiary/aromatic N) is 1. The van der Waals surface area contributed by atoms with Gasteiger partial charge in [-0.05, 0) is 18.2 Å². The minimum atomic E-state index is -3.20. The molecule has 0 atom stereocenters. The van der Waals surface area contributed by atoms with Gasteiger partial charge in [-0.3, -0.25) is 4.90 Å². The van der Waals surface area contributed by atoms with Gasteiger partial charge in [-0.2, -0.15) is 11.8 Å². The summed E-state index contributed by atoms with van der Waals surface area (Å²) in [5, 5.41) is 3.27. The van der Waals surface area contributed by atoms with Crippen LogP contribution in [0.4, 0.5) is 11.4 Å². The average Bonchev–Trinajstić information content (AvgIpc) is 2.40. The van der Waals surface area contributed by atoms with Crippen LogP contribution in [0.25, 0.3) is 0 Å². The van der Waals surface area contributed by atoms with Gasteiger partial charge in [-0.15, -0.1) is 0 Å². The lowest BCUT2D eigenvalue weighted by Crippen LogP contribution is -2.36. The van der Waals surface area contributed by atoms with Gasteiger partial charge in [0.15, 0.2) is 9.84 Å². The molecule has 1 saturated heterocycles. The Balaban J connectivity index is 1.90. The van der Waals surface area contributed by atoms with Crippen molar-refractivity contribution in [2.24, 2.45) is 0 Å². The molecule has 0 bridgehead atoms. The summed E-state index contributed by atoms with van der Waals surface area (Å²) in [6.07, 6.45) is 1.18. The van der Waals surface area contributed by atoms with E-state index in [4.69, 9.17) is 5.73 Å². The maximum absolute atomic E-state index is 11.4. The predicted molar refractivity (Wildman–Crippen MR) is 86.2 cm³/mol. The fourth-order valence-electron chi connectivity index (χ4n) is 2.11. The van der Waals surface area contributed by atoms with Crippen LogP contribution in [-0.4, -0.2) is 57.3 Å². The summed E-state index contributed by atoms with van der Waals surface area (Å²) in [6.45, 7) is 4.06. The van der Waals surface area contributed by atoms with Gasteiger partial charge in [-0.25, -0.2) is 8.42 Å². The monoisotopic (exact) mass is 315 g/mol. The lowest BCUT2D eigenvalue weighted by atomic mass is 10.2. The number of nitrogen functional groups attached to an aromatic ring is 1. The quantitative estimate of drug-likeness (QED) is 0.794. The van der Waals surface area contributed by atoms with E-state index in [1.807, 2.05) is 11.8 Å². The lowest BCUT2D eigenvalue weighted by molar-refractivity contribution is 0.314. The molecule has 0 spiro atoms. The minimum Gasteiger partial charge on any atom is -0.397 e. The van der Waals surface area contributed by atoms with Crippen molar-refractivity contribution in [2.75, 3.05) is 55.0 Å². The van der Waals surface area contributed by atoms with Crippen molar-refractivity contribution in [3.8, 4) is 0 Å². The summed E-state index contributed by atoms with van der Waals surface area (Å²) in [4.78, 5) is 2.68. The van der Waals surface area contributed by atoms with Gasteiger partial charge in [0.05, 0.1) is 16.3 Å². The van der Waals surface area contributed by atoms with Gasteiger partial charge in [0.25, 0.3) is 0 Å². The van der Waals surface area contributed by atoms with Gasteiger partial charge in [0.2, 0.25) is 0 Å². The topological polar surface area (TPSA) is 75.4 Å². The van der Waals surface area contributed by atoms with E-state index in [0.29, 0.717) is 5.69 Å². The van der Waals surface area contributed by atoms with Crippen molar-refractivity contribution in [2.45, 2.75) is 4.90 Å². The molecule has 1 aliphatic heterocycles. The van der Waals surface area contributed by atoms with E-state index in [1.165, 1.54) is 23.8 Å². The van der Waals surface area contributed by atoms with Gasteiger partial charge in [0.1, 0.15) is 0 Å². The molecular weight excluding hydrogens is 294 g/mol. The molecule has 3 N–H and O–H groups in total. The van der Waals surface area contributed by atoms with Crippen LogP contribution in [0.3, 0.4) is 0 Å². The number of nitrogens with two attached hydrogens (primary N) is 1. The normalized spacial score (nSPS) is 17.1. The molecule has 0 aliphatic carbocycles. The van der Waals surface area contributed by atoms with Gasteiger partial charge in [-0.1, -0.05) is 0 Å². The molecule has 7 heteroatoms. The largest absolute Gasteiger partial charge is 0.397 e. The maximum Gasteiger partial charge on any atom is 0.175 e. The summed E-state index contributed by atoms with van der Waals surface area (Å²) in [5.41, 5.74) is 7.16. The number of thioether (sulfide) groups is 1. The zero-order chi connectivity index (χ0) is 14.6. The van der Waals surface area contributed by atoms with Crippen LogP contribution >= 0.6 is 11.8 Å². The second-order valence-electron chi connectivity index (χ2n) is 4.90. The highest BCUT2D eigenvalue weighted by Gasteiger charge is 2.11. The van der Waals surface area contributed by atoms with Crippen molar-refractivity contribution in [1.82, 2.24) is 4.90 Å². The Morgan fingerprint density at radius 3 is 2.65 bits per heavy atom. The zero-order valence-corrected chi connectivity index (χ0v) is 13.3. The molecule has 112 valence electrons. The molecule has 0 radical (unpaired) electrons. The van der Waals surface area contributed by atoms with Crippen molar-refractivity contribution in [3.05, 3.63) is 18.2 Å². The zero-order valence-electron chi connectivity index (χ0n) is 11.6. The third-order valence-electron chi connectivity index (χ3n) is 3.30. The smallest absolute Gasteiger partial charge is 0.175 e. The van der Waals surface area contributed by atoms with Crippen molar-refractivity contribution >= 4 is 33.0 Å². The van der Waals surface area contributed by atoms with Crippen LogP contribution in [0.5, 0.6) is 0 Å². The number of sulfone groups is 1. The summed E-state index contributed by atoms with van der Waals surface area (Å²) < 4.78 is 22.9. The molecular formula is C13H21N3O2S2. The molecule has 0 unspecified atom stereocenters. The number of hydrogen-bond donors (Lipinski definition) is 2. The summed E-state index contributed by atoms with van der Waals surface area (Å²) in [7, 11) is -3.20. The Morgan fingerprint density at radius 2 is 2.05 bits per heavy atom. The van der Waals surface area contributed by atoms with E-state index < -0.39 is 9.84 Å². The molecule has 20 heavy (non-hydrogen) atoms. The van der Waals surface area contributed by atoms with Crippen molar-refractivity contribution < 1.29 is 8.42 Å². The molecule has 1 fully saturated rings. The first-order valence-electron chi connectivity index (χ1n) is 6.60. The van der Waals surface area contributed by atoms with Crippen LogP contribution in [0, 0.1) is 0 Å². The Labute approximate surface area is 124 Å². The molecule has 1 heterocycles. The second-order valence-corrected chi connectivity index (χ2v) is 8.14. The van der Waals surface area contributed by atoms with Crippen molar-refractivity contribution in [3.63, 3.8) is 0 Å². The number of nitrogens with one attached hydrogen (secondary N) is 1. The summed E-state index contributed by atoms with van der Waals surface area (Å²) in [6, 6.07) is 4.83. The number of rotatable bonds is 5. The van der Waals surface area contributed by atoms with E-state index in [9.17, 15) is 8.42 Å². The van der Waals surface area contributed by atoms with Gasteiger partial charge >= 0.3 is 0 Å². The highest BCUT2D eigenvalue weighted by Crippen LogP contribution is 2.22. The van der Waals surface area contributed by atoms with Gasteiger partial charge < -0.3 is 11.1 Å². The first-order chi connectivity index (χ1) is 9.47. The molecule has 1 aromatic carbocycles. The Bertz CT molecular complexity index is 555. The third kappa shape index (κ3) is 4.29. The number of benzene rings is 1. The maximum atomic E-state index is 11.4. The Kier molecular flexibility index (Phi) is 5.17. The highest BCUT2D eigenvalue weighted by atomic mass is 32.2. The van der Waals surface area contributed by atoms with E-state index >= 15 is 0 Å². The van der Waals surface area contributed by atoms with Crippen LogP contribution in [0.1, 0.15) is 0 Å². The highest BCUT2D eigenvalue weighted by molar-refractivity contribution is 7.99. The van der Waals surface area contributed by atoms with E-state index in [-0.39, 0.29) is 4.90 Å². The molecule has 1 aromatic rings. The Hall–Kier alpha value is -0.920. The SMILES string of the molecule is CS(=O)(=O)c1ccc(NCCN2CCSCC2)c(N)c1. The summed E-state index contributed by atoms with van der Waals surface area (Å²) >= 11 is 2.00. The minimum absolute atomic E-state index is 0.258. The Morgan fingerprint density at radius 1 is 1.35 bits per heavy atom. The van der Waals surface area contributed by atoms with E-state index in [0.717, 1.165) is 31.9 Å². The van der Waals surface area contributed by atoms with Crippen LogP contribution in [0.2, 0.25) is 0 Å². The number of anilines is 2. The average molecular weight is 315 g/mol. The molecule has 1 aliphatic rings. The van der Waals surface area contributed by atoms with Gasteiger partial charge in [0, 0.05) is 43.9 Å². The van der Waals surface area contributed by atoms with E-state index in [1.54, 1.807) is 12.1 Å². The summed E-state index contributed by atoms with van der Waals surface area (Å²) in [5.74, 6) is 2.40. The number of hydrogen-bond acceptors (Lipinski definition) is 6. The molecule has 0 amide bonds. The van der Waals surface area contributed by atoms with Crippen LogP contribution in [0.15, 0.2) is 23.1 Å². The molecule has 0 saturated carbocycles. The third-order valence-corrected chi connectivity index (χ3v) is 5.35. The predicted octanol–water partition coefficient (Wildman–Crippen LogP) is 1.13. The van der Waals surface area contributed by atoms with Crippen molar-refractivity contribution in [1.29, 1.82) is 0 Å². The van der Waals surface area contributed by atoms with E-state index in [2.05, 4.69) is 10.2 Å². The molecule has 0 aromatic heterocycles. The first kappa shape index (κ1) is 15.5.